The highest BCUT2D eigenvalue weighted by Crippen LogP contribution is 2.27. The number of rotatable bonds is 5. The van der Waals surface area contributed by atoms with Gasteiger partial charge < -0.3 is 9.47 Å². The number of carbonyl (C=O) groups excluding carboxylic acids is 1. The van der Waals surface area contributed by atoms with Crippen molar-refractivity contribution in [2.75, 3.05) is 0 Å². The van der Waals surface area contributed by atoms with E-state index in [4.69, 9.17) is 21.1 Å². The molecule has 1 heterocycles. The molecule has 0 spiro atoms. The van der Waals surface area contributed by atoms with Crippen LogP contribution in [0.5, 0.6) is 5.75 Å². The van der Waals surface area contributed by atoms with E-state index in [1.54, 1.807) is 6.08 Å². The van der Waals surface area contributed by atoms with E-state index in [9.17, 15) is 4.79 Å². The van der Waals surface area contributed by atoms with Gasteiger partial charge in [-0.05, 0) is 74.9 Å². The van der Waals surface area contributed by atoms with Gasteiger partial charge in [-0.3, -0.25) is 0 Å². The summed E-state index contributed by atoms with van der Waals surface area (Å²) in [5, 5.41) is 0.644. The molecule has 3 aromatic carbocycles. The van der Waals surface area contributed by atoms with Gasteiger partial charge in [0.1, 0.15) is 12.4 Å². The minimum atomic E-state index is -0.499. The van der Waals surface area contributed by atoms with Gasteiger partial charge >= 0.3 is 5.97 Å². The molecule has 150 valence electrons. The molecular weight excluding hydrogens is 581 g/mol. The minimum absolute atomic E-state index is 0.216. The van der Waals surface area contributed by atoms with Gasteiger partial charge in [0.05, 0.1) is 0 Å². The van der Waals surface area contributed by atoms with Crippen LogP contribution in [-0.2, 0) is 16.1 Å². The van der Waals surface area contributed by atoms with Crippen molar-refractivity contribution in [3.8, 4) is 5.75 Å². The summed E-state index contributed by atoms with van der Waals surface area (Å²) in [6.45, 7) is 0.315. The van der Waals surface area contributed by atoms with Crippen molar-refractivity contribution in [2.24, 2.45) is 4.99 Å². The Bertz CT molecular complexity index is 1190. The molecule has 0 radical (unpaired) electrons. The third kappa shape index (κ3) is 4.77. The number of hydrogen-bond donors (Lipinski definition) is 0. The van der Waals surface area contributed by atoms with Crippen LogP contribution in [0.4, 0.5) is 0 Å². The minimum Gasteiger partial charge on any atom is -0.488 e. The fourth-order valence-electron chi connectivity index (χ4n) is 2.81. The lowest BCUT2D eigenvalue weighted by Gasteiger charge is -2.10. The van der Waals surface area contributed by atoms with Crippen LogP contribution in [0.1, 0.15) is 16.7 Å². The normalized spacial score (nSPS) is 14.6. The third-order valence-corrected chi connectivity index (χ3v) is 7.05. The number of nitrogens with zero attached hydrogens (tertiary/aromatic N) is 1. The topological polar surface area (TPSA) is 47.9 Å². The second kappa shape index (κ2) is 9.32. The molecule has 0 fully saturated rings. The van der Waals surface area contributed by atoms with Crippen molar-refractivity contribution in [2.45, 2.75) is 6.61 Å². The summed E-state index contributed by atoms with van der Waals surface area (Å²) in [6.07, 6.45) is 1.67. The molecule has 3 aromatic rings. The van der Waals surface area contributed by atoms with E-state index in [-0.39, 0.29) is 11.6 Å². The Balaban J connectivity index is 1.60. The van der Waals surface area contributed by atoms with Crippen molar-refractivity contribution in [3.05, 3.63) is 102 Å². The number of para-hydroxylation sites is 1. The van der Waals surface area contributed by atoms with Crippen molar-refractivity contribution < 1.29 is 14.3 Å². The lowest BCUT2D eigenvalue weighted by molar-refractivity contribution is -0.129. The summed E-state index contributed by atoms with van der Waals surface area (Å²) in [4.78, 5) is 16.8. The first-order valence-electron chi connectivity index (χ1n) is 8.94. The molecule has 0 aromatic heterocycles. The molecule has 0 atom stereocenters. The number of hydrogen-bond acceptors (Lipinski definition) is 4. The average molecular weight is 595 g/mol. The Kier molecular flexibility index (Phi) is 6.55. The Labute approximate surface area is 200 Å². The van der Waals surface area contributed by atoms with E-state index in [2.05, 4.69) is 43.5 Å². The molecule has 4 rings (SSSR count). The maximum Gasteiger partial charge on any atom is 0.363 e. The van der Waals surface area contributed by atoms with E-state index in [1.807, 2.05) is 66.7 Å². The van der Waals surface area contributed by atoms with Gasteiger partial charge in [-0.15, -0.1) is 0 Å². The first-order valence-corrected chi connectivity index (χ1v) is 11.2. The standard InChI is InChI=1S/C23H14BrClINO3/c24-17-11-15(9-10-19(17)26)22-27-20(23(28)30-22)12-14-5-2-4-8-21(14)29-13-16-6-1-3-7-18(16)25/h1-12H,13H2/b20-12-. The van der Waals surface area contributed by atoms with Gasteiger partial charge in [-0.1, -0.05) is 48.0 Å². The number of carbonyl (C=O) groups is 1. The van der Waals surface area contributed by atoms with Crippen LogP contribution in [0.2, 0.25) is 5.02 Å². The summed E-state index contributed by atoms with van der Waals surface area (Å²) < 4.78 is 13.3. The summed E-state index contributed by atoms with van der Waals surface area (Å²) in [5.74, 6) is 0.400. The Morgan fingerprint density at radius 2 is 1.87 bits per heavy atom. The predicted molar refractivity (Wildman–Crippen MR) is 130 cm³/mol. The predicted octanol–water partition coefficient (Wildman–Crippen LogP) is 6.63. The van der Waals surface area contributed by atoms with Gasteiger partial charge in [0, 0.05) is 29.8 Å². The molecule has 0 aliphatic carbocycles. The van der Waals surface area contributed by atoms with Crippen LogP contribution >= 0.6 is 50.1 Å². The lowest BCUT2D eigenvalue weighted by atomic mass is 10.1. The number of halogens is 3. The van der Waals surface area contributed by atoms with Crippen LogP contribution in [0.3, 0.4) is 0 Å². The zero-order valence-corrected chi connectivity index (χ0v) is 19.9. The molecule has 0 N–H and O–H groups in total. The molecule has 0 unspecified atom stereocenters. The summed E-state index contributed by atoms with van der Waals surface area (Å²) in [6, 6.07) is 20.6. The maximum atomic E-state index is 12.4. The van der Waals surface area contributed by atoms with Gasteiger partial charge in [-0.2, -0.15) is 0 Å². The molecule has 0 saturated carbocycles. The average Bonchev–Trinajstić information content (AvgIpc) is 3.11. The highest BCUT2D eigenvalue weighted by Gasteiger charge is 2.25. The van der Waals surface area contributed by atoms with Gasteiger partial charge in [0.15, 0.2) is 5.70 Å². The second-order valence-electron chi connectivity index (χ2n) is 6.38. The highest BCUT2D eigenvalue weighted by atomic mass is 127. The molecule has 30 heavy (non-hydrogen) atoms. The lowest BCUT2D eigenvalue weighted by Crippen LogP contribution is -2.05. The number of cyclic esters (lactones) is 1. The fourth-order valence-corrected chi connectivity index (χ4v) is 3.72. The molecule has 0 saturated heterocycles. The first-order chi connectivity index (χ1) is 14.5. The summed E-state index contributed by atoms with van der Waals surface area (Å²) in [5.41, 5.74) is 2.55. The Hall–Kier alpha value is -2.16. The Morgan fingerprint density at radius 1 is 1.10 bits per heavy atom. The SMILES string of the molecule is O=C1OC(c2ccc(I)c(Br)c2)=N/C1=C\c1ccccc1OCc1ccccc1Cl. The first kappa shape index (κ1) is 21.1. The molecule has 1 aliphatic rings. The van der Waals surface area contributed by atoms with E-state index in [0.717, 1.165) is 24.7 Å². The number of esters is 1. The zero-order valence-electron chi connectivity index (χ0n) is 15.4. The second-order valence-corrected chi connectivity index (χ2v) is 8.81. The summed E-state index contributed by atoms with van der Waals surface area (Å²) >= 11 is 11.9. The Morgan fingerprint density at radius 3 is 2.67 bits per heavy atom. The van der Waals surface area contributed by atoms with Crippen LogP contribution in [0, 0.1) is 3.57 Å². The smallest absolute Gasteiger partial charge is 0.363 e. The van der Waals surface area contributed by atoms with Gasteiger partial charge in [0.25, 0.3) is 0 Å². The molecule has 7 heteroatoms. The van der Waals surface area contributed by atoms with Crippen LogP contribution in [0.15, 0.2) is 81.9 Å². The molecule has 0 bridgehead atoms. The quantitative estimate of drug-likeness (QED) is 0.189. The number of aliphatic imine (C=N–C) groups is 1. The molecule has 0 amide bonds. The maximum absolute atomic E-state index is 12.4. The van der Waals surface area contributed by atoms with E-state index >= 15 is 0 Å². The zero-order chi connectivity index (χ0) is 21.1. The molecular formula is C23H14BrClINO3. The van der Waals surface area contributed by atoms with Crippen molar-refractivity contribution >= 4 is 68.1 Å². The van der Waals surface area contributed by atoms with E-state index < -0.39 is 5.97 Å². The van der Waals surface area contributed by atoms with Crippen LogP contribution in [0.25, 0.3) is 6.08 Å². The van der Waals surface area contributed by atoms with Crippen molar-refractivity contribution in [1.29, 1.82) is 0 Å². The highest BCUT2D eigenvalue weighted by molar-refractivity contribution is 14.1. The van der Waals surface area contributed by atoms with Crippen molar-refractivity contribution in [3.63, 3.8) is 0 Å². The van der Waals surface area contributed by atoms with Crippen LogP contribution in [-0.4, -0.2) is 11.9 Å². The van der Waals surface area contributed by atoms with Gasteiger partial charge in [-0.25, -0.2) is 9.79 Å². The fraction of sp³-hybridized carbons (Fsp3) is 0.0435. The monoisotopic (exact) mass is 593 g/mol. The number of ether oxygens (including phenoxy) is 2. The summed E-state index contributed by atoms with van der Waals surface area (Å²) in [7, 11) is 0. The largest absolute Gasteiger partial charge is 0.488 e. The third-order valence-electron chi connectivity index (χ3n) is 4.34. The van der Waals surface area contributed by atoms with E-state index in [1.165, 1.54) is 0 Å². The van der Waals surface area contributed by atoms with Crippen molar-refractivity contribution in [1.82, 2.24) is 0 Å². The molecule has 4 nitrogen and oxygen atoms in total. The number of benzene rings is 3. The van der Waals surface area contributed by atoms with Crippen LogP contribution < -0.4 is 4.74 Å². The van der Waals surface area contributed by atoms with Gasteiger partial charge in [0.2, 0.25) is 5.90 Å². The van der Waals surface area contributed by atoms with E-state index in [0.29, 0.717) is 17.4 Å². The molecule has 1 aliphatic heterocycles.